The zero-order valence-corrected chi connectivity index (χ0v) is 52.5. The van der Waals surface area contributed by atoms with E-state index in [0.29, 0.717) is 19.3 Å². The number of carbonyl (C=O) groups is 3. The van der Waals surface area contributed by atoms with Gasteiger partial charge >= 0.3 is 17.9 Å². The highest BCUT2D eigenvalue weighted by Gasteiger charge is 2.19. The molecule has 0 bridgehead atoms. The van der Waals surface area contributed by atoms with Crippen LogP contribution < -0.4 is 0 Å². The van der Waals surface area contributed by atoms with Gasteiger partial charge in [-0.3, -0.25) is 14.4 Å². The second-order valence-electron chi connectivity index (χ2n) is 21.6. The third-order valence-electron chi connectivity index (χ3n) is 13.8. The van der Waals surface area contributed by atoms with Crippen LogP contribution in [0.1, 0.15) is 290 Å². The highest BCUT2D eigenvalue weighted by atomic mass is 16.6. The van der Waals surface area contributed by atoms with Crippen LogP contribution in [0.15, 0.2) is 146 Å². The molecule has 0 aromatic carbocycles. The maximum atomic E-state index is 12.9. The molecule has 0 saturated carbocycles. The molecule has 0 aromatic rings. The first-order valence-corrected chi connectivity index (χ1v) is 33.3. The molecule has 0 fully saturated rings. The van der Waals surface area contributed by atoms with E-state index >= 15 is 0 Å². The molecule has 0 N–H and O–H groups in total. The summed E-state index contributed by atoms with van der Waals surface area (Å²) in [6.45, 7) is 6.38. The van der Waals surface area contributed by atoms with Crippen LogP contribution in [0.5, 0.6) is 0 Å². The fourth-order valence-corrected chi connectivity index (χ4v) is 8.88. The zero-order chi connectivity index (χ0) is 58.5. The van der Waals surface area contributed by atoms with E-state index in [4.69, 9.17) is 14.2 Å². The Morgan fingerprint density at radius 3 is 0.753 bits per heavy atom. The number of ether oxygens (including phenoxy) is 3. The molecule has 6 heteroatoms. The number of carbonyl (C=O) groups excluding carboxylic acids is 3. The monoisotopic (exact) mass is 1120 g/mol. The van der Waals surface area contributed by atoms with Gasteiger partial charge < -0.3 is 14.2 Å². The lowest BCUT2D eigenvalue weighted by molar-refractivity contribution is -0.167. The molecule has 1 unspecified atom stereocenters. The average Bonchev–Trinajstić information content (AvgIpc) is 3.47. The summed E-state index contributed by atoms with van der Waals surface area (Å²) in [5, 5.41) is 0. The smallest absolute Gasteiger partial charge is 0.306 e. The van der Waals surface area contributed by atoms with E-state index in [1.807, 2.05) is 0 Å². The van der Waals surface area contributed by atoms with E-state index in [-0.39, 0.29) is 31.1 Å². The van der Waals surface area contributed by atoms with E-state index < -0.39 is 6.10 Å². The van der Waals surface area contributed by atoms with E-state index in [9.17, 15) is 14.4 Å². The fraction of sp³-hybridized carbons (Fsp3) is 0.640. The van der Waals surface area contributed by atoms with Crippen molar-refractivity contribution in [3.05, 3.63) is 146 Å². The van der Waals surface area contributed by atoms with E-state index in [1.165, 1.54) is 83.5 Å². The quantitative estimate of drug-likeness (QED) is 0.0261. The van der Waals surface area contributed by atoms with Crippen LogP contribution >= 0.6 is 0 Å². The van der Waals surface area contributed by atoms with E-state index in [2.05, 4.69) is 167 Å². The fourth-order valence-electron chi connectivity index (χ4n) is 8.88. The molecular formula is C75H122O6. The number of allylic oxidation sites excluding steroid dienone is 24. The van der Waals surface area contributed by atoms with Gasteiger partial charge in [0, 0.05) is 19.3 Å². The van der Waals surface area contributed by atoms with Gasteiger partial charge in [0.15, 0.2) is 6.10 Å². The highest BCUT2D eigenvalue weighted by molar-refractivity contribution is 5.71. The third kappa shape index (κ3) is 66.0. The van der Waals surface area contributed by atoms with Crippen molar-refractivity contribution in [2.45, 2.75) is 297 Å². The summed E-state index contributed by atoms with van der Waals surface area (Å²) in [5.41, 5.74) is 0. The highest BCUT2D eigenvalue weighted by Crippen LogP contribution is 2.15. The molecule has 81 heavy (non-hydrogen) atoms. The van der Waals surface area contributed by atoms with E-state index in [1.54, 1.807) is 0 Å². The van der Waals surface area contributed by atoms with Crippen molar-refractivity contribution in [1.82, 2.24) is 0 Å². The average molecular weight is 1120 g/mol. The van der Waals surface area contributed by atoms with Crippen LogP contribution in [-0.2, 0) is 28.6 Å². The van der Waals surface area contributed by atoms with Crippen molar-refractivity contribution < 1.29 is 28.6 Å². The van der Waals surface area contributed by atoms with Crippen molar-refractivity contribution in [2.24, 2.45) is 0 Å². The summed E-state index contributed by atoms with van der Waals surface area (Å²) in [6, 6.07) is 0. The van der Waals surface area contributed by atoms with Crippen LogP contribution in [0, 0.1) is 0 Å². The Morgan fingerprint density at radius 1 is 0.259 bits per heavy atom. The van der Waals surface area contributed by atoms with Crippen LogP contribution in [-0.4, -0.2) is 37.2 Å². The Balaban J connectivity index is 4.50. The molecule has 0 heterocycles. The molecule has 0 radical (unpaired) electrons. The number of rotatable bonds is 59. The van der Waals surface area contributed by atoms with Crippen molar-refractivity contribution >= 4 is 17.9 Å². The van der Waals surface area contributed by atoms with Gasteiger partial charge in [0.05, 0.1) is 0 Å². The van der Waals surface area contributed by atoms with Crippen molar-refractivity contribution in [2.75, 3.05) is 13.2 Å². The number of hydrogen-bond acceptors (Lipinski definition) is 6. The van der Waals surface area contributed by atoms with Gasteiger partial charge in [-0.15, -0.1) is 0 Å². The molecule has 0 saturated heterocycles. The summed E-state index contributed by atoms with van der Waals surface area (Å²) >= 11 is 0. The molecule has 0 aromatic heterocycles. The lowest BCUT2D eigenvalue weighted by Crippen LogP contribution is -2.30. The molecule has 0 rings (SSSR count). The van der Waals surface area contributed by atoms with Crippen molar-refractivity contribution in [3.8, 4) is 0 Å². The first-order chi connectivity index (χ1) is 40.0. The molecular weight excluding hydrogens is 997 g/mol. The van der Waals surface area contributed by atoms with Gasteiger partial charge in [0.25, 0.3) is 0 Å². The largest absolute Gasteiger partial charge is 0.462 e. The first-order valence-electron chi connectivity index (χ1n) is 33.3. The lowest BCUT2D eigenvalue weighted by Gasteiger charge is -2.18. The summed E-state index contributed by atoms with van der Waals surface area (Å²) in [6.07, 6.45) is 97.0. The van der Waals surface area contributed by atoms with Crippen LogP contribution in [0.2, 0.25) is 0 Å². The molecule has 0 aliphatic carbocycles. The number of esters is 3. The molecule has 6 nitrogen and oxygen atoms in total. The number of hydrogen-bond donors (Lipinski definition) is 0. The molecule has 0 spiro atoms. The minimum atomic E-state index is -0.808. The lowest BCUT2D eigenvalue weighted by atomic mass is 10.1. The third-order valence-corrected chi connectivity index (χ3v) is 13.8. The summed E-state index contributed by atoms with van der Waals surface area (Å²) in [7, 11) is 0. The van der Waals surface area contributed by atoms with E-state index in [0.717, 1.165) is 167 Å². The van der Waals surface area contributed by atoms with Gasteiger partial charge in [0.2, 0.25) is 0 Å². The van der Waals surface area contributed by atoms with Crippen LogP contribution in [0.25, 0.3) is 0 Å². The minimum Gasteiger partial charge on any atom is -0.462 e. The Kier molecular flexibility index (Phi) is 63.9. The molecule has 1 atom stereocenters. The van der Waals surface area contributed by atoms with Gasteiger partial charge in [0.1, 0.15) is 13.2 Å². The predicted molar refractivity (Wildman–Crippen MR) is 352 cm³/mol. The van der Waals surface area contributed by atoms with Gasteiger partial charge in [-0.05, 0) is 141 Å². The van der Waals surface area contributed by atoms with Crippen molar-refractivity contribution in [3.63, 3.8) is 0 Å². The predicted octanol–water partition coefficient (Wildman–Crippen LogP) is 23.1. The SMILES string of the molecule is CC/C=C\C/C=C\C/C=C\C/C=C\C/C=C\CCCCCCCC(=O)OCC(COC(=O)CCCCCCCCCCC/C=C\C/C=C\CCCCCCC)OC(=O)CCCCCCC/C=C\C/C=C\C/C=C\C/C=C\C/C=C\CC. The van der Waals surface area contributed by atoms with Crippen LogP contribution in [0.4, 0.5) is 0 Å². The molecule has 0 amide bonds. The molecule has 0 aliphatic heterocycles. The Hall–Kier alpha value is -4.71. The standard InChI is InChI=1S/C75H122O6/c1-4-7-10-13-16-19-22-25-28-31-34-37-40-43-46-49-52-55-58-61-64-67-73(76)79-70-72(81-75(78)69-66-63-60-57-54-51-48-45-42-39-36-33-30-27-24-21-18-15-12-9-6-3)71-80-74(77)68-65-62-59-56-53-50-47-44-41-38-35-32-29-26-23-20-17-14-11-8-5-2/h7,9-10,12,16,18-19,21,23,25-28,30,32,34-37,39,43,45-46,48,72H,4-6,8,11,13-15,17,20,22,24,29,31,33,38,40-42,44,47,49-71H2,1-3H3/b10-7-,12-9-,19-16-,21-18-,26-23-,28-25-,30-27-,35-32-,37-34-,39-36-,46-43-,48-45-. The Morgan fingerprint density at radius 2 is 0.481 bits per heavy atom. The summed E-state index contributed by atoms with van der Waals surface area (Å²) < 4.78 is 16.9. The normalized spacial score (nSPS) is 13.1. The maximum Gasteiger partial charge on any atom is 0.306 e. The Labute approximate surface area is 499 Å². The van der Waals surface area contributed by atoms with Crippen LogP contribution in [0.3, 0.4) is 0 Å². The zero-order valence-electron chi connectivity index (χ0n) is 52.5. The summed E-state index contributed by atoms with van der Waals surface area (Å²) in [5.74, 6) is -0.939. The second kappa shape index (κ2) is 67.8. The maximum absolute atomic E-state index is 12.9. The Bertz CT molecular complexity index is 1760. The minimum absolute atomic E-state index is 0.0996. The summed E-state index contributed by atoms with van der Waals surface area (Å²) in [4.78, 5) is 38.4. The molecule has 458 valence electrons. The topological polar surface area (TPSA) is 78.9 Å². The number of unbranched alkanes of at least 4 members (excludes halogenated alkanes) is 24. The van der Waals surface area contributed by atoms with Gasteiger partial charge in [-0.2, -0.15) is 0 Å². The second-order valence-corrected chi connectivity index (χ2v) is 21.6. The first kappa shape index (κ1) is 76.3. The molecule has 0 aliphatic rings. The van der Waals surface area contributed by atoms with Gasteiger partial charge in [-0.25, -0.2) is 0 Å². The van der Waals surface area contributed by atoms with Gasteiger partial charge in [-0.1, -0.05) is 276 Å². The van der Waals surface area contributed by atoms with Crippen molar-refractivity contribution in [1.29, 1.82) is 0 Å².